The first-order valence-electron chi connectivity index (χ1n) is 11.5. The summed E-state index contributed by atoms with van der Waals surface area (Å²) in [5.41, 5.74) is 0.618. The van der Waals surface area contributed by atoms with Crippen molar-refractivity contribution in [3.63, 3.8) is 0 Å². The number of carbonyl (C=O) groups excluding carboxylic acids is 1. The maximum absolute atomic E-state index is 13.3. The fourth-order valence-electron chi connectivity index (χ4n) is 7.29. The van der Waals surface area contributed by atoms with Gasteiger partial charge in [0.05, 0.1) is 0 Å². The molecule has 30 heavy (non-hydrogen) atoms. The molecule has 5 fully saturated rings. The molecular weight excluding hydrogens is 402 g/mol. The molecule has 6 rings (SSSR count). The predicted octanol–water partition coefficient (Wildman–Crippen LogP) is 3.12. The molecule has 5 aliphatic rings. The average Bonchev–Trinajstić information content (AvgIpc) is 2.86. The van der Waals surface area contributed by atoms with E-state index >= 15 is 0 Å². The summed E-state index contributed by atoms with van der Waals surface area (Å²) in [5, 5.41) is 3.80. The number of amides is 1. The predicted molar refractivity (Wildman–Crippen MR) is 111 cm³/mol. The van der Waals surface area contributed by atoms with Crippen LogP contribution in [-0.2, 0) is 14.8 Å². The Kier molecular flexibility index (Phi) is 5.01. The highest BCUT2D eigenvalue weighted by Gasteiger charge is 2.51. The number of hydrogen-bond donors (Lipinski definition) is 0. The largest absolute Gasteiger partial charge is 0.360 e. The lowest BCUT2D eigenvalue weighted by molar-refractivity contribution is -0.139. The summed E-state index contributed by atoms with van der Waals surface area (Å²) in [6.45, 7) is 5.15. The third kappa shape index (κ3) is 3.49. The monoisotopic (exact) mass is 435 g/mol. The topological polar surface area (TPSA) is 83.7 Å². The van der Waals surface area contributed by atoms with Crippen molar-refractivity contribution in [1.82, 2.24) is 14.4 Å². The lowest BCUT2D eigenvalue weighted by Crippen LogP contribution is -2.48. The number of rotatable bonds is 4. The minimum absolute atomic E-state index is 0.177. The summed E-state index contributed by atoms with van der Waals surface area (Å²) in [6, 6.07) is 0. The van der Waals surface area contributed by atoms with Crippen LogP contribution >= 0.6 is 0 Å². The van der Waals surface area contributed by atoms with Crippen molar-refractivity contribution in [3.8, 4) is 0 Å². The molecule has 1 aromatic heterocycles. The Bertz CT molecular complexity index is 883. The van der Waals surface area contributed by atoms with Crippen molar-refractivity contribution in [2.24, 2.45) is 23.2 Å². The summed E-state index contributed by atoms with van der Waals surface area (Å²) < 4.78 is 32.9. The SMILES string of the molecule is Cc1noc(C)c1S(=O)(=O)N1CCCN(C(=O)CC23CC4CC(CC(C4)C2)C3)CC1. The van der Waals surface area contributed by atoms with Gasteiger partial charge in [-0.1, -0.05) is 5.16 Å². The van der Waals surface area contributed by atoms with Gasteiger partial charge in [0.1, 0.15) is 10.6 Å². The fraction of sp³-hybridized carbons (Fsp3) is 0.818. The summed E-state index contributed by atoms with van der Waals surface area (Å²) in [7, 11) is -3.66. The number of nitrogens with zero attached hydrogens (tertiary/aromatic N) is 3. The van der Waals surface area contributed by atoms with Crippen LogP contribution in [0.1, 0.15) is 62.8 Å². The molecule has 7 nitrogen and oxygen atoms in total. The van der Waals surface area contributed by atoms with Crippen molar-refractivity contribution >= 4 is 15.9 Å². The number of aryl methyl sites for hydroxylation is 2. The van der Waals surface area contributed by atoms with Crippen LogP contribution in [0.3, 0.4) is 0 Å². The van der Waals surface area contributed by atoms with Crippen molar-refractivity contribution < 1.29 is 17.7 Å². The highest BCUT2D eigenvalue weighted by molar-refractivity contribution is 7.89. The third-order valence-corrected chi connectivity index (χ3v) is 10.2. The van der Waals surface area contributed by atoms with E-state index in [-0.39, 0.29) is 16.2 Å². The second kappa shape index (κ2) is 7.33. The van der Waals surface area contributed by atoms with E-state index in [0.29, 0.717) is 50.5 Å². The molecule has 1 saturated heterocycles. The van der Waals surface area contributed by atoms with E-state index in [1.54, 1.807) is 13.8 Å². The van der Waals surface area contributed by atoms with Crippen LogP contribution in [0.5, 0.6) is 0 Å². The number of hydrogen-bond acceptors (Lipinski definition) is 5. The van der Waals surface area contributed by atoms with E-state index in [1.165, 1.54) is 42.8 Å². The lowest BCUT2D eigenvalue weighted by Gasteiger charge is -2.57. The van der Waals surface area contributed by atoms with E-state index in [9.17, 15) is 13.2 Å². The molecule has 1 aliphatic heterocycles. The van der Waals surface area contributed by atoms with Gasteiger partial charge in [0, 0.05) is 32.6 Å². The quantitative estimate of drug-likeness (QED) is 0.726. The maximum Gasteiger partial charge on any atom is 0.248 e. The maximum atomic E-state index is 13.3. The molecule has 1 amide bonds. The Morgan fingerprint density at radius 2 is 1.67 bits per heavy atom. The van der Waals surface area contributed by atoms with Gasteiger partial charge in [-0.25, -0.2) is 8.42 Å². The lowest BCUT2D eigenvalue weighted by atomic mass is 9.49. The molecular formula is C22H33N3O4S. The van der Waals surface area contributed by atoms with Crippen molar-refractivity contribution in [2.45, 2.75) is 70.1 Å². The Labute approximate surface area is 179 Å². The first-order chi connectivity index (χ1) is 14.3. The molecule has 4 aliphatic carbocycles. The number of carbonyl (C=O) groups is 1. The Morgan fingerprint density at radius 3 is 2.23 bits per heavy atom. The number of sulfonamides is 1. The Morgan fingerprint density at radius 1 is 1.03 bits per heavy atom. The normalized spacial score (nSPS) is 34.3. The van der Waals surface area contributed by atoms with Crippen LogP contribution in [-0.4, -0.2) is 54.9 Å². The summed E-state index contributed by atoms with van der Waals surface area (Å²) in [6.07, 6.45) is 9.15. The van der Waals surface area contributed by atoms with Gasteiger partial charge in [0.2, 0.25) is 15.9 Å². The highest BCUT2D eigenvalue weighted by atomic mass is 32.2. The summed E-state index contributed by atoms with van der Waals surface area (Å²) in [4.78, 5) is 15.4. The molecule has 2 heterocycles. The van der Waals surface area contributed by atoms with Crippen LogP contribution in [0.25, 0.3) is 0 Å². The van der Waals surface area contributed by atoms with Gasteiger partial charge >= 0.3 is 0 Å². The van der Waals surface area contributed by atoms with Gasteiger partial charge in [0.15, 0.2) is 5.76 Å². The molecule has 1 aromatic rings. The van der Waals surface area contributed by atoms with E-state index in [0.717, 1.165) is 17.8 Å². The molecule has 0 radical (unpaired) electrons. The van der Waals surface area contributed by atoms with Gasteiger partial charge in [-0.15, -0.1) is 0 Å². The molecule has 0 N–H and O–H groups in total. The van der Waals surface area contributed by atoms with Crippen molar-refractivity contribution in [1.29, 1.82) is 0 Å². The Hall–Kier alpha value is -1.41. The van der Waals surface area contributed by atoms with Gasteiger partial charge < -0.3 is 9.42 Å². The summed E-state index contributed by atoms with van der Waals surface area (Å²) >= 11 is 0. The zero-order chi connectivity index (χ0) is 21.1. The third-order valence-electron chi connectivity index (χ3n) is 8.06. The molecule has 0 atom stereocenters. The molecule has 4 bridgehead atoms. The van der Waals surface area contributed by atoms with E-state index < -0.39 is 10.0 Å². The molecule has 4 saturated carbocycles. The van der Waals surface area contributed by atoms with E-state index in [1.807, 2.05) is 4.90 Å². The summed E-state index contributed by atoms with van der Waals surface area (Å²) in [5.74, 6) is 3.07. The van der Waals surface area contributed by atoms with Gasteiger partial charge in [-0.05, 0) is 82.0 Å². The van der Waals surface area contributed by atoms with Crippen LogP contribution < -0.4 is 0 Å². The standard InChI is InChI=1S/C22H33N3O4S/c1-15-21(16(2)29-23-15)30(27,28)25-5-3-4-24(6-7-25)20(26)14-22-11-17-8-18(12-22)10-19(9-17)13-22/h17-19H,3-14H2,1-2H3. The zero-order valence-electron chi connectivity index (χ0n) is 18.1. The fourth-order valence-corrected chi connectivity index (χ4v) is 9.06. The second-order valence-corrected chi connectivity index (χ2v) is 12.3. The van der Waals surface area contributed by atoms with Gasteiger partial charge in [0.25, 0.3) is 0 Å². The first-order valence-corrected chi connectivity index (χ1v) is 12.9. The van der Waals surface area contributed by atoms with Crippen LogP contribution in [0.2, 0.25) is 0 Å². The van der Waals surface area contributed by atoms with Crippen LogP contribution in [0, 0.1) is 37.0 Å². The molecule has 0 spiro atoms. The minimum Gasteiger partial charge on any atom is -0.360 e. The molecule has 8 heteroatoms. The van der Waals surface area contributed by atoms with E-state index in [2.05, 4.69) is 5.16 Å². The smallest absolute Gasteiger partial charge is 0.248 e. The first kappa shape index (κ1) is 20.5. The molecule has 166 valence electrons. The van der Waals surface area contributed by atoms with Gasteiger partial charge in [-0.3, -0.25) is 4.79 Å². The second-order valence-electron chi connectivity index (χ2n) is 10.4. The average molecular weight is 436 g/mol. The van der Waals surface area contributed by atoms with Crippen LogP contribution in [0.15, 0.2) is 9.42 Å². The van der Waals surface area contributed by atoms with E-state index in [4.69, 9.17) is 4.52 Å². The number of aromatic nitrogens is 1. The molecule has 0 aromatic carbocycles. The van der Waals surface area contributed by atoms with Crippen LogP contribution in [0.4, 0.5) is 0 Å². The minimum atomic E-state index is -3.66. The molecule has 0 unspecified atom stereocenters. The Balaban J connectivity index is 1.25. The van der Waals surface area contributed by atoms with Gasteiger partial charge in [-0.2, -0.15) is 4.31 Å². The van der Waals surface area contributed by atoms with Crippen molar-refractivity contribution in [2.75, 3.05) is 26.2 Å². The highest BCUT2D eigenvalue weighted by Crippen LogP contribution is 2.61. The van der Waals surface area contributed by atoms with Crippen molar-refractivity contribution in [3.05, 3.63) is 11.5 Å². The zero-order valence-corrected chi connectivity index (χ0v) is 18.9.